The van der Waals surface area contributed by atoms with Crippen LogP contribution < -0.4 is 5.32 Å². The maximum Gasteiger partial charge on any atom is 0.336 e. The van der Waals surface area contributed by atoms with Crippen LogP contribution in [0.5, 0.6) is 0 Å². The molecule has 2 N–H and O–H groups in total. The van der Waals surface area contributed by atoms with E-state index in [2.05, 4.69) is 24.4 Å². The Bertz CT molecular complexity index is 548. The number of aryl methyl sites for hydroxylation is 1. The second kappa shape index (κ2) is 5.69. The van der Waals surface area contributed by atoms with Crippen LogP contribution in [-0.2, 0) is 13.0 Å². The summed E-state index contributed by atoms with van der Waals surface area (Å²) >= 11 is 1.46. The largest absolute Gasteiger partial charge is 0.478 e. The van der Waals surface area contributed by atoms with Crippen LogP contribution in [0, 0.1) is 0 Å². The van der Waals surface area contributed by atoms with Crippen LogP contribution in [0.3, 0.4) is 0 Å². The summed E-state index contributed by atoms with van der Waals surface area (Å²) in [6, 6.07) is 9.97. The molecule has 2 aromatic rings. The first kappa shape index (κ1) is 12.6. The number of thiophene rings is 1. The van der Waals surface area contributed by atoms with Gasteiger partial charge in [-0.15, -0.1) is 11.3 Å². The zero-order chi connectivity index (χ0) is 13.0. The van der Waals surface area contributed by atoms with Crippen molar-refractivity contribution in [3.63, 3.8) is 0 Å². The molecule has 0 saturated carbocycles. The van der Waals surface area contributed by atoms with Crippen molar-refractivity contribution in [1.29, 1.82) is 0 Å². The number of rotatable bonds is 5. The zero-order valence-corrected chi connectivity index (χ0v) is 11.0. The van der Waals surface area contributed by atoms with Crippen LogP contribution in [0.25, 0.3) is 0 Å². The Labute approximate surface area is 110 Å². The molecule has 0 fully saturated rings. The van der Waals surface area contributed by atoms with E-state index in [1.807, 2.05) is 12.1 Å². The normalized spacial score (nSPS) is 10.3. The van der Waals surface area contributed by atoms with Gasteiger partial charge >= 0.3 is 5.97 Å². The molecule has 18 heavy (non-hydrogen) atoms. The van der Waals surface area contributed by atoms with Gasteiger partial charge in [0, 0.05) is 22.5 Å². The minimum absolute atomic E-state index is 0.360. The highest BCUT2D eigenvalue weighted by Crippen LogP contribution is 2.17. The molecular weight excluding hydrogens is 246 g/mol. The van der Waals surface area contributed by atoms with Gasteiger partial charge in [-0.1, -0.05) is 19.1 Å². The van der Waals surface area contributed by atoms with Gasteiger partial charge < -0.3 is 10.4 Å². The smallest absolute Gasteiger partial charge is 0.336 e. The van der Waals surface area contributed by atoms with Crippen molar-refractivity contribution in [3.8, 4) is 0 Å². The molecule has 4 heteroatoms. The predicted octanol–water partition coefficient (Wildman–Crippen LogP) is 3.62. The van der Waals surface area contributed by atoms with Crippen molar-refractivity contribution < 1.29 is 9.90 Å². The van der Waals surface area contributed by atoms with Crippen LogP contribution in [0.15, 0.2) is 35.7 Å². The highest BCUT2D eigenvalue weighted by molar-refractivity contribution is 7.10. The standard InChI is InChI=1S/C14H15NO2S/c1-2-10-4-3-5-12(6-10)15-8-13-7-11(9-18-13)14(16)17/h3-7,9,15H,2,8H2,1H3,(H,16,17). The van der Waals surface area contributed by atoms with E-state index >= 15 is 0 Å². The lowest BCUT2D eigenvalue weighted by Crippen LogP contribution is -1.98. The number of hydrogen-bond donors (Lipinski definition) is 2. The second-order valence-corrected chi connectivity index (χ2v) is 5.01. The molecule has 94 valence electrons. The number of carbonyl (C=O) groups is 1. The molecule has 0 atom stereocenters. The first-order valence-corrected chi connectivity index (χ1v) is 6.70. The highest BCUT2D eigenvalue weighted by atomic mass is 32.1. The summed E-state index contributed by atoms with van der Waals surface area (Å²) in [7, 11) is 0. The van der Waals surface area contributed by atoms with Gasteiger partial charge in [-0.2, -0.15) is 0 Å². The van der Waals surface area contributed by atoms with Crippen LogP contribution in [-0.4, -0.2) is 11.1 Å². The topological polar surface area (TPSA) is 49.3 Å². The van der Waals surface area contributed by atoms with Crippen molar-refractivity contribution in [1.82, 2.24) is 0 Å². The van der Waals surface area contributed by atoms with Crippen LogP contribution >= 0.6 is 11.3 Å². The minimum atomic E-state index is -0.870. The Balaban J connectivity index is 1.99. The average Bonchev–Trinajstić information content (AvgIpc) is 2.85. The number of anilines is 1. The molecule has 3 nitrogen and oxygen atoms in total. The Kier molecular flexibility index (Phi) is 3.99. The molecule has 0 aliphatic rings. The van der Waals surface area contributed by atoms with Gasteiger partial charge in [-0.05, 0) is 30.2 Å². The van der Waals surface area contributed by atoms with Gasteiger partial charge in [-0.3, -0.25) is 0 Å². The monoisotopic (exact) mass is 261 g/mol. The van der Waals surface area contributed by atoms with E-state index in [0.29, 0.717) is 12.1 Å². The van der Waals surface area contributed by atoms with Gasteiger partial charge in [0.1, 0.15) is 0 Å². The van der Waals surface area contributed by atoms with Crippen molar-refractivity contribution in [2.24, 2.45) is 0 Å². The Morgan fingerprint density at radius 3 is 2.89 bits per heavy atom. The number of aromatic carboxylic acids is 1. The molecular formula is C14H15NO2S. The molecule has 1 aromatic heterocycles. The fraction of sp³-hybridized carbons (Fsp3) is 0.214. The third-order valence-electron chi connectivity index (χ3n) is 2.70. The van der Waals surface area contributed by atoms with Crippen molar-refractivity contribution in [2.45, 2.75) is 19.9 Å². The number of carboxylic acids is 1. The first-order chi connectivity index (χ1) is 8.69. The summed E-state index contributed by atoms with van der Waals surface area (Å²) in [4.78, 5) is 11.8. The number of benzene rings is 1. The fourth-order valence-electron chi connectivity index (χ4n) is 1.68. The van der Waals surface area contributed by atoms with Crippen molar-refractivity contribution in [3.05, 3.63) is 51.7 Å². The van der Waals surface area contributed by atoms with E-state index in [-0.39, 0.29) is 0 Å². The lowest BCUT2D eigenvalue weighted by molar-refractivity contribution is 0.0697. The van der Waals surface area contributed by atoms with Crippen LogP contribution in [0.1, 0.15) is 27.7 Å². The van der Waals surface area contributed by atoms with Gasteiger partial charge in [0.05, 0.1) is 5.56 Å². The van der Waals surface area contributed by atoms with E-state index in [0.717, 1.165) is 17.0 Å². The molecule has 0 spiro atoms. The summed E-state index contributed by atoms with van der Waals surface area (Å²) in [5.41, 5.74) is 2.72. The molecule has 0 aliphatic heterocycles. The van der Waals surface area contributed by atoms with Crippen molar-refractivity contribution in [2.75, 3.05) is 5.32 Å². The maximum atomic E-state index is 10.8. The molecule has 2 rings (SSSR count). The molecule has 0 unspecified atom stereocenters. The molecule has 0 bridgehead atoms. The van der Waals surface area contributed by atoms with Crippen LogP contribution in [0.4, 0.5) is 5.69 Å². The number of carboxylic acid groups (broad SMARTS) is 1. The Hall–Kier alpha value is -1.81. The minimum Gasteiger partial charge on any atom is -0.478 e. The molecule has 1 aromatic carbocycles. The lowest BCUT2D eigenvalue weighted by atomic mass is 10.1. The van der Waals surface area contributed by atoms with Gasteiger partial charge in [0.2, 0.25) is 0 Å². The number of hydrogen-bond acceptors (Lipinski definition) is 3. The Morgan fingerprint density at radius 2 is 2.22 bits per heavy atom. The molecule has 0 amide bonds. The Morgan fingerprint density at radius 1 is 1.39 bits per heavy atom. The van der Waals surface area contributed by atoms with Gasteiger partial charge in [0.15, 0.2) is 0 Å². The van der Waals surface area contributed by atoms with E-state index < -0.39 is 5.97 Å². The molecule has 0 aliphatic carbocycles. The maximum absolute atomic E-state index is 10.8. The third kappa shape index (κ3) is 3.11. The van der Waals surface area contributed by atoms with E-state index in [1.54, 1.807) is 11.4 Å². The quantitative estimate of drug-likeness (QED) is 0.864. The van der Waals surface area contributed by atoms with E-state index in [4.69, 9.17) is 5.11 Å². The van der Waals surface area contributed by atoms with Crippen molar-refractivity contribution >= 4 is 23.0 Å². The summed E-state index contributed by atoms with van der Waals surface area (Å²) in [5.74, 6) is -0.870. The predicted molar refractivity (Wildman–Crippen MR) is 74.4 cm³/mol. The third-order valence-corrected chi connectivity index (χ3v) is 3.64. The zero-order valence-electron chi connectivity index (χ0n) is 10.1. The molecule has 1 heterocycles. The van der Waals surface area contributed by atoms with Gasteiger partial charge in [0.25, 0.3) is 0 Å². The fourth-order valence-corrected chi connectivity index (χ4v) is 2.47. The first-order valence-electron chi connectivity index (χ1n) is 5.82. The summed E-state index contributed by atoms with van der Waals surface area (Å²) in [6.45, 7) is 2.78. The number of nitrogens with one attached hydrogen (secondary N) is 1. The second-order valence-electron chi connectivity index (χ2n) is 4.01. The summed E-state index contributed by atoms with van der Waals surface area (Å²) in [5, 5.41) is 13.8. The average molecular weight is 261 g/mol. The summed E-state index contributed by atoms with van der Waals surface area (Å²) < 4.78 is 0. The SMILES string of the molecule is CCc1cccc(NCc2cc(C(=O)O)cs2)c1. The highest BCUT2D eigenvalue weighted by Gasteiger charge is 2.06. The molecule has 0 radical (unpaired) electrons. The molecule has 0 saturated heterocycles. The van der Waals surface area contributed by atoms with Crippen LogP contribution in [0.2, 0.25) is 0 Å². The summed E-state index contributed by atoms with van der Waals surface area (Å²) in [6.07, 6.45) is 1.01. The lowest BCUT2D eigenvalue weighted by Gasteiger charge is -2.06. The van der Waals surface area contributed by atoms with Gasteiger partial charge in [-0.25, -0.2) is 4.79 Å². The van der Waals surface area contributed by atoms with E-state index in [9.17, 15) is 4.79 Å². The van der Waals surface area contributed by atoms with E-state index in [1.165, 1.54) is 16.9 Å².